The zero-order chi connectivity index (χ0) is 19.7. The molecule has 0 aliphatic carbocycles. The zero-order valence-electron chi connectivity index (χ0n) is 15.7. The van der Waals surface area contributed by atoms with Crippen molar-refractivity contribution < 1.29 is 13.2 Å². The van der Waals surface area contributed by atoms with Crippen LogP contribution in [0.25, 0.3) is 0 Å². The summed E-state index contributed by atoms with van der Waals surface area (Å²) in [7, 11) is -2.99. The maximum absolute atomic E-state index is 12.7. The summed E-state index contributed by atoms with van der Waals surface area (Å²) in [5.74, 6) is 0.363. The van der Waals surface area contributed by atoms with Crippen LogP contribution in [0.3, 0.4) is 0 Å². The molecule has 7 nitrogen and oxygen atoms in total. The van der Waals surface area contributed by atoms with Gasteiger partial charge in [-0.1, -0.05) is 39.0 Å². The molecule has 144 valence electrons. The summed E-state index contributed by atoms with van der Waals surface area (Å²) in [6, 6.07) is 9.02. The third-order valence-corrected chi connectivity index (χ3v) is 6.24. The topological polar surface area (TPSA) is 101 Å². The molecule has 1 amide bonds. The quantitative estimate of drug-likeness (QED) is 0.835. The van der Waals surface area contributed by atoms with Crippen molar-refractivity contribution in [1.82, 2.24) is 9.97 Å². The summed E-state index contributed by atoms with van der Waals surface area (Å²) in [4.78, 5) is 20.8. The number of hydrogen-bond donors (Lipinski definition) is 2. The van der Waals surface area contributed by atoms with Gasteiger partial charge in [0.25, 0.3) is 5.91 Å². The molecule has 3 rings (SSSR count). The number of rotatable bonds is 4. The molecule has 27 heavy (non-hydrogen) atoms. The fourth-order valence-electron chi connectivity index (χ4n) is 3.11. The average Bonchev–Trinajstić information content (AvgIpc) is 2.93. The van der Waals surface area contributed by atoms with E-state index in [0.29, 0.717) is 12.2 Å². The number of nitrogens with one attached hydrogen (secondary N) is 2. The van der Waals surface area contributed by atoms with Crippen LogP contribution in [0, 0.1) is 0 Å². The first-order valence-electron chi connectivity index (χ1n) is 8.84. The fourth-order valence-corrected chi connectivity index (χ4v) is 4.78. The molecule has 8 heteroatoms. The molecule has 1 aromatic carbocycles. The van der Waals surface area contributed by atoms with Crippen LogP contribution in [0.2, 0.25) is 0 Å². The van der Waals surface area contributed by atoms with Gasteiger partial charge >= 0.3 is 0 Å². The highest BCUT2D eigenvalue weighted by atomic mass is 32.2. The van der Waals surface area contributed by atoms with E-state index in [9.17, 15) is 13.2 Å². The third kappa shape index (κ3) is 4.82. The van der Waals surface area contributed by atoms with Gasteiger partial charge in [0.2, 0.25) is 0 Å². The van der Waals surface area contributed by atoms with Gasteiger partial charge in [-0.25, -0.2) is 18.4 Å². The summed E-state index contributed by atoms with van der Waals surface area (Å²) in [5.41, 5.74) is 1.87. The summed E-state index contributed by atoms with van der Waals surface area (Å²) < 4.78 is 23.2. The number of nitrogens with zero attached hydrogens (tertiary/aromatic N) is 2. The predicted octanol–water partition coefficient (Wildman–Crippen LogP) is 2.63. The summed E-state index contributed by atoms with van der Waals surface area (Å²) >= 11 is 0. The number of carbonyl (C=O) groups excluding carboxylic acids is 1. The Morgan fingerprint density at radius 2 is 1.93 bits per heavy atom. The lowest BCUT2D eigenvalue weighted by atomic mass is 9.86. The molecule has 0 radical (unpaired) electrons. The largest absolute Gasteiger partial charge is 0.366 e. The van der Waals surface area contributed by atoms with Crippen molar-refractivity contribution in [3.8, 4) is 0 Å². The van der Waals surface area contributed by atoms with Crippen molar-refractivity contribution in [2.24, 2.45) is 0 Å². The van der Waals surface area contributed by atoms with E-state index in [1.54, 1.807) is 6.07 Å². The smallest absolute Gasteiger partial charge is 0.274 e. The molecule has 1 atom stereocenters. The molecule has 0 bridgehead atoms. The van der Waals surface area contributed by atoms with Crippen molar-refractivity contribution in [2.75, 3.05) is 22.1 Å². The summed E-state index contributed by atoms with van der Waals surface area (Å²) in [6.45, 7) is 6.25. The van der Waals surface area contributed by atoms with E-state index in [1.807, 2.05) is 24.3 Å². The molecule has 1 unspecified atom stereocenters. The maximum atomic E-state index is 12.7. The van der Waals surface area contributed by atoms with E-state index < -0.39 is 9.84 Å². The van der Waals surface area contributed by atoms with Crippen LogP contribution in [-0.2, 0) is 15.3 Å². The van der Waals surface area contributed by atoms with Gasteiger partial charge < -0.3 is 10.6 Å². The lowest BCUT2D eigenvalue weighted by Gasteiger charge is -2.23. The highest BCUT2D eigenvalue weighted by Crippen LogP contribution is 2.29. The molecule has 0 saturated carbocycles. The molecule has 2 heterocycles. The minimum Gasteiger partial charge on any atom is -0.366 e. The molecule has 1 aliphatic rings. The molecular weight excluding hydrogens is 364 g/mol. The van der Waals surface area contributed by atoms with Crippen LogP contribution in [0.15, 0.2) is 36.7 Å². The Labute approximate surface area is 159 Å². The number of para-hydroxylation sites is 1. The molecule has 1 aromatic heterocycles. The first-order chi connectivity index (χ1) is 12.6. The minimum atomic E-state index is -2.99. The number of benzene rings is 1. The third-order valence-electron chi connectivity index (χ3n) is 4.47. The van der Waals surface area contributed by atoms with Gasteiger partial charge in [0.05, 0.1) is 11.5 Å². The van der Waals surface area contributed by atoms with Crippen LogP contribution < -0.4 is 10.6 Å². The average molecular weight is 388 g/mol. The number of carbonyl (C=O) groups is 1. The van der Waals surface area contributed by atoms with Gasteiger partial charge in [0.15, 0.2) is 9.84 Å². The predicted molar refractivity (Wildman–Crippen MR) is 106 cm³/mol. The number of sulfone groups is 1. The number of anilines is 2. The molecule has 1 fully saturated rings. The lowest BCUT2D eigenvalue weighted by molar-refractivity contribution is 0.102. The minimum absolute atomic E-state index is 0.0808. The number of aromatic nitrogens is 2. The Hall–Kier alpha value is -2.48. The summed E-state index contributed by atoms with van der Waals surface area (Å²) in [6.07, 6.45) is 1.84. The van der Waals surface area contributed by atoms with E-state index in [0.717, 1.165) is 11.3 Å². The Bertz CT molecular complexity index is 951. The van der Waals surface area contributed by atoms with Gasteiger partial charge in [-0.2, -0.15) is 0 Å². The lowest BCUT2D eigenvalue weighted by Crippen LogP contribution is -2.22. The highest BCUT2D eigenvalue weighted by molar-refractivity contribution is 7.91. The molecule has 1 aliphatic heterocycles. The van der Waals surface area contributed by atoms with Crippen molar-refractivity contribution in [1.29, 1.82) is 0 Å². The molecule has 2 N–H and O–H groups in total. The SMILES string of the molecule is CC(C)(C)c1ccccc1NC(=O)c1cc(NC2CCS(=O)(=O)C2)ncn1. The fraction of sp³-hybridized carbons (Fsp3) is 0.421. The van der Waals surface area contributed by atoms with Gasteiger partial charge in [-0.3, -0.25) is 4.79 Å². The Kier molecular flexibility index (Phi) is 5.19. The Morgan fingerprint density at radius 1 is 1.19 bits per heavy atom. The van der Waals surface area contributed by atoms with Gasteiger partial charge in [0, 0.05) is 17.8 Å². The van der Waals surface area contributed by atoms with Gasteiger partial charge in [-0.05, 0) is 23.5 Å². The first kappa shape index (κ1) is 19.3. The molecular formula is C19H24N4O3S. The second kappa shape index (κ2) is 7.26. The van der Waals surface area contributed by atoms with Crippen molar-refractivity contribution in [3.05, 3.63) is 47.9 Å². The second-order valence-electron chi connectivity index (χ2n) is 7.78. The Morgan fingerprint density at radius 3 is 2.59 bits per heavy atom. The van der Waals surface area contributed by atoms with E-state index in [2.05, 4.69) is 41.4 Å². The number of amides is 1. The van der Waals surface area contributed by atoms with E-state index in [4.69, 9.17) is 0 Å². The second-order valence-corrected chi connectivity index (χ2v) is 10.0. The van der Waals surface area contributed by atoms with Crippen LogP contribution in [-0.4, -0.2) is 41.8 Å². The number of hydrogen-bond acceptors (Lipinski definition) is 6. The van der Waals surface area contributed by atoms with Gasteiger partial charge in [0.1, 0.15) is 17.8 Å². The highest BCUT2D eigenvalue weighted by Gasteiger charge is 2.28. The molecule has 2 aromatic rings. The monoisotopic (exact) mass is 388 g/mol. The normalized spacial score (nSPS) is 18.9. The van der Waals surface area contributed by atoms with Crippen LogP contribution in [0.5, 0.6) is 0 Å². The van der Waals surface area contributed by atoms with Gasteiger partial charge in [-0.15, -0.1) is 0 Å². The molecule has 1 saturated heterocycles. The Balaban J connectivity index is 1.75. The van der Waals surface area contributed by atoms with Crippen LogP contribution in [0.1, 0.15) is 43.2 Å². The standard InChI is InChI=1S/C19H24N4O3S/c1-19(2,3)14-6-4-5-7-15(14)23-18(24)16-10-17(21-12-20-16)22-13-8-9-27(25,26)11-13/h4-7,10,12-13H,8-9,11H2,1-3H3,(H,23,24)(H,20,21,22). The summed E-state index contributed by atoms with van der Waals surface area (Å²) in [5, 5.41) is 6.00. The van der Waals surface area contributed by atoms with Crippen molar-refractivity contribution >= 4 is 27.2 Å². The van der Waals surface area contributed by atoms with Crippen molar-refractivity contribution in [3.63, 3.8) is 0 Å². The van der Waals surface area contributed by atoms with E-state index in [1.165, 1.54) is 6.33 Å². The zero-order valence-corrected chi connectivity index (χ0v) is 16.5. The maximum Gasteiger partial charge on any atom is 0.274 e. The van der Waals surface area contributed by atoms with E-state index in [-0.39, 0.29) is 34.6 Å². The van der Waals surface area contributed by atoms with E-state index >= 15 is 0 Å². The van der Waals surface area contributed by atoms with Crippen molar-refractivity contribution in [2.45, 2.75) is 38.6 Å². The first-order valence-corrected chi connectivity index (χ1v) is 10.7. The van der Waals surface area contributed by atoms with Crippen LogP contribution in [0.4, 0.5) is 11.5 Å². The van der Waals surface area contributed by atoms with Crippen LogP contribution >= 0.6 is 0 Å². The molecule has 0 spiro atoms.